The Balaban J connectivity index is 1.26. The van der Waals surface area contributed by atoms with Gasteiger partial charge in [0.2, 0.25) is 0 Å². The van der Waals surface area contributed by atoms with Gasteiger partial charge in [0.1, 0.15) is 11.2 Å². The number of rotatable bonds is 0. The third-order valence-corrected chi connectivity index (χ3v) is 14.2. The van der Waals surface area contributed by atoms with Gasteiger partial charge in [0.05, 0.1) is 28.1 Å². The van der Waals surface area contributed by atoms with Crippen molar-refractivity contribution in [3.05, 3.63) is 71.0 Å². The Bertz CT molecular complexity index is 2400. The topological polar surface area (TPSA) is 30.4 Å². The summed E-state index contributed by atoms with van der Waals surface area (Å²) < 4.78 is 9.57. The molecule has 7 aromatic rings. The Hall–Kier alpha value is -3.59. The first-order chi connectivity index (χ1) is 21.7. The third kappa shape index (κ3) is 2.54. The highest BCUT2D eigenvalue weighted by Gasteiger charge is 2.46. The number of furan rings is 1. The first-order valence-electron chi connectivity index (χ1n) is 17.7. The molecule has 0 radical (unpaired) electrons. The number of benzene rings is 3. The summed E-state index contributed by atoms with van der Waals surface area (Å²) in [5.74, 6) is 6.34. The van der Waals surface area contributed by atoms with Gasteiger partial charge in [-0.05, 0) is 141 Å². The van der Waals surface area contributed by atoms with E-state index in [1.165, 1.54) is 113 Å². The summed E-state index contributed by atoms with van der Waals surface area (Å²) >= 11 is 0. The van der Waals surface area contributed by atoms with Crippen molar-refractivity contribution in [2.75, 3.05) is 0 Å². The molecule has 0 aliphatic heterocycles. The normalized spacial score (nSPS) is 33.5. The third-order valence-electron chi connectivity index (χ3n) is 14.2. The molecule has 4 aromatic heterocycles. The van der Waals surface area contributed by atoms with E-state index in [1.807, 2.05) is 0 Å². The van der Waals surface area contributed by atoms with Crippen LogP contribution in [0.15, 0.2) is 53.1 Å². The van der Waals surface area contributed by atoms with E-state index in [2.05, 4.69) is 53.1 Å². The zero-order chi connectivity index (χ0) is 28.0. The van der Waals surface area contributed by atoms with Crippen LogP contribution in [-0.2, 0) is 0 Å². The lowest BCUT2D eigenvalue weighted by atomic mass is 9.67. The van der Waals surface area contributed by atoms with Gasteiger partial charge < -0.3 is 8.82 Å². The standard InChI is InChI=1S/C41H36N2O/c1-2-4-33-28(3-1)29-17-30-36-31(6-5-27-23-9-19-7-20(10-23)12-24(11-19)34(27)36)43-32-18-42-39-26-15-21-8-22(16-26)14-25(13-21)35(39)37(32)38(40(30)43)41(29)44-33/h1-6,17-26H,7-16H2. The van der Waals surface area contributed by atoms with Gasteiger partial charge in [-0.2, -0.15) is 0 Å². The Kier molecular flexibility index (Phi) is 3.86. The second kappa shape index (κ2) is 7.44. The number of hydrogen-bond acceptors (Lipinski definition) is 2. The van der Waals surface area contributed by atoms with E-state index in [0.717, 1.165) is 40.8 Å². The molecule has 4 atom stereocenters. The van der Waals surface area contributed by atoms with Gasteiger partial charge in [0, 0.05) is 38.5 Å². The number of nitrogens with zero attached hydrogens (tertiary/aromatic N) is 2. The van der Waals surface area contributed by atoms with Crippen molar-refractivity contribution < 1.29 is 4.42 Å². The monoisotopic (exact) mass is 572 g/mol. The van der Waals surface area contributed by atoms with E-state index < -0.39 is 0 Å². The molecular weight excluding hydrogens is 536 g/mol. The molecular formula is C41H36N2O. The summed E-state index contributed by atoms with van der Waals surface area (Å²) in [4.78, 5) is 5.45. The minimum atomic E-state index is 0.634. The van der Waals surface area contributed by atoms with Crippen molar-refractivity contribution >= 4 is 60.0 Å². The van der Waals surface area contributed by atoms with Gasteiger partial charge in [-0.3, -0.25) is 4.98 Å². The van der Waals surface area contributed by atoms with Gasteiger partial charge in [0.15, 0.2) is 0 Å². The van der Waals surface area contributed by atoms with Crippen molar-refractivity contribution in [2.45, 2.75) is 87.9 Å². The Morgan fingerprint density at radius 1 is 0.591 bits per heavy atom. The van der Waals surface area contributed by atoms with Gasteiger partial charge in [-0.25, -0.2) is 0 Å². The highest BCUT2D eigenvalue weighted by atomic mass is 16.3. The molecule has 3 nitrogen and oxygen atoms in total. The molecule has 216 valence electrons. The molecule has 0 spiro atoms. The van der Waals surface area contributed by atoms with Crippen molar-refractivity contribution in [1.82, 2.24) is 9.38 Å². The highest BCUT2D eigenvalue weighted by molar-refractivity contribution is 6.33. The van der Waals surface area contributed by atoms with Crippen LogP contribution in [0.4, 0.5) is 0 Å². The summed E-state index contributed by atoms with van der Waals surface area (Å²) in [7, 11) is 0. The van der Waals surface area contributed by atoms with E-state index in [0.29, 0.717) is 17.8 Å². The predicted octanol–water partition coefficient (Wildman–Crippen LogP) is 10.9. The summed E-state index contributed by atoms with van der Waals surface area (Å²) in [6.07, 6.45) is 16.2. The zero-order valence-electron chi connectivity index (χ0n) is 25.1. The molecule has 3 heteroatoms. The minimum Gasteiger partial charge on any atom is -0.455 e. The number of hydrogen-bond donors (Lipinski definition) is 0. The quantitative estimate of drug-likeness (QED) is 0.181. The fourth-order valence-corrected chi connectivity index (χ4v) is 13.1. The lowest BCUT2D eigenvalue weighted by Crippen LogP contribution is -2.25. The molecule has 0 amide bonds. The fraction of sp³-hybridized carbons (Fsp3) is 0.439. The number of para-hydroxylation sites is 1. The fourth-order valence-electron chi connectivity index (χ4n) is 13.1. The van der Waals surface area contributed by atoms with E-state index in [4.69, 9.17) is 9.40 Å². The first-order valence-corrected chi connectivity index (χ1v) is 17.7. The summed E-state index contributed by atoms with van der Waals surface area (Å²) in [5, 5.41) is 8.46. The smallest absolute Gasteiger partial charge is 0.145 e. The second-order valence-electron chi connectivity index (χ2n) is 16.3. The van der Waals surface area contributed by atoms with E-state index >= 15 is 0 Å². The molecule has 4 heterocycles. The molecule has 4 fully saturated rings. The molecule has 3 aromatic carbocycles. The molecule has 4 unspecified atom stereocenters. The Morgan fingerprint density at radius 3 is 2.09 bits per heavy atom. The lowest BCUT2D eigenvalue weighted by molar-refractivity contribution is 0.165. The van der Waals surface area contributed by atoms with Gasteiger partial charge >= 0.3 is 0 Å². The Labute approximate surface area is 255 Å². The van der Waals surface area contributed by atoms with Crippen molar-refractivity contribution in [3.8, 4) is 0 Å². The molecule has 0 saturated heterocycles. The van der Waals surface area contributed by atoms with Gasteiger partial charge in [-0.15, -0.1) is 0 Å². The van der Waals surface area contributed by atoms with E-state index in [9.17, 15) is 0 Å². The molecule has 44 heavy (non-hydrogen) atoms. The van der Waals surface area contributed by atoms with Gasteiger partial charge in [-0.1, -0.05) is 24.3 Å². The summed E-state index contributed by atoms with van der Waals surface area (Å²) in [6.45, 7) is 0. The summed E-state index contributed by atoms with van der Waals surface area (Å²) in [5.41, 5.74) is 12.7. The molecule has 15 rings (SSSR count). The molecule has 8 aliphatic carbocycles. The van der Waals surface area contributed by atoms with Crippen LogP contribution in [0.1, 0.15) is 110 Å². The average Bonchev–Trinajstić information content (AvgIpc) is 3.60. The van der Waals surface area contributed by atoms with Crippen LogP contribution in [-0.4, -0.2) is 9.38 Å². The maximum Gasteiger partial charge on any atom is 0.145 e. The summed E-state index contributed by atoms with van der Waals surface area (Å²) in [6, 6.07) is 16.4. The largest absolute Gasteiger partial charge is 0.455 e. The zero-order valence-corrected chi connectivity index (χ0v) is 25.1. The Morgan fingerprint density at radius 2 is 1.30 bits per heavy atom. The number of aromatic nitrogens is 2. The molecule has 8 bridgehead atoms. The van der Waals surface area contributed by atoms with Crippen molar-refractivity contribution in [1.29, 1.82) is 0 Å². The van der Waals surface area contributed by atoms with Crippen LogP contribution in [0, 0.1) is 23.7 Å². The van der Waals surface area contributed by atoms with E-state index in [-0.39, 0.29) is 0 Å². The van der Waals surface area contributed by atoms with Gasteiger partial charge in [0.25, 0.3) is 0 Å². The number of fused-ring (bicyclic) bond motifs is 10. The van der Waals surface area contributed by atoms with Crippen LogP contribution in [0.25, 0.3) is 60.0 Å². The van der Waals surface area contributed by atoms with Crippen molar-refractivity contribution in [3.63, 3.8) is 0 Å². The molecule has 8 aliphatic rings. The number of pyridine rings is 1. The molecule has 4 saturated carbocycles. The van der Waals surface area contributed by atoms with E-state index in [1.54, 1.807) is 22.1 Å². The minimum absolute atomic E-state index is 0.634. The SMILES string of the molecule is c1ccc2c(c1)oc1c2cc2c3c4c(ccc3n3c5cnc6c(c5c1c23)C1CC2CC(CC6C2)C1)C1CC2CC(C1)CC4C2. The van der Waals surface area contributed by atoms with Crippen LogP contribution in [0.3, 0.4) is 0 Å². The maximum atomic E-state index is 6.92. The molecule has 0 N–H and O–H groups in total. The highest BCUT2D eigenvalue weighted by Crippen LogP contribution is 2.61. The average molecular weight is 573 g/mol. The lowest BCUT2D eigenvalue weighted by Gasteiger charge is -2.38. The predicted molar refractivity (Wildman–Crippen MR) is 177 cm³/mol. The van der Waals surface area contributed by atoms with Crippen molar-refractivity contribution in [2.24, 2.45) is 23.7 Å². The maximum absolute atomic E-state index is 6.92. The van der Waals surface area contributed by atoms with Crippen LogP contribution < -0.4 is 0 Å². The van der Waals surface area contributed by atoms with Crippen LogP contribution in [0.5, 0.6) is 0 Å². The van der Waals surface area contributed by atoms with Crippen LogP contribution in [0.2, 0.25) is 0 Å². The first kappa shape index (κ1) is 22.8. The van der Waals surface area contributed by atoms with Crippen LogP contribution >= 0.6 is 0 Å². The second-order valence-corrected chi connectivity index (χ2v) is 16.3.